The van der Waals surface area contributed by atoms with E-state index < -0.39 is 17.7 Å². The zero-order valence-corrected chi connectivity index (χ0v) is 15.7. The zero-order chi connectivity index (χ0) is 19.8. The van der Waals surface area contributed by atoms with Crippen molar-refractivity contribution in [1.29, 1.82) is 0 Å². The highest BCUT2D eigenvalue weighted by Gasteiger charge is 2.33. The van der Waals surface area contributed by atoms with Crippen molar-refractivity contribution in [3.05, 3.63) is 70.8 Å². The zero-order valence-electron chi connectivity index (χ0n) is 15.7. The van der Waals surface area contributed by atoms with Gasteiger partial charge in [-0.1, -0.05) is 57.2 Å². The Kier molecular flexibility index (Phi) is 5.06. The molecule has 1 heterocycles. The first-order chi connectivity index (χ1) is 12.6. The molecule has 5 heteroatoms. The molecule has 2 aromatic rings. The summed E-state index contributed by atoms with van der Waals surface area (Å²) in [4.78, 5) is 12.3. The van der Waals surface area contributed by atoms with E-state index in [2.05, 4.69) is 50.4 Å². The van der Waals surface area contributed by atoms with Gasteiger partial charge in [0.2, 0.25) is 5.91 Å². The number of hydrogen-bond acceptors (Lipinski definition) is 1. The Morgan fingerprint density at radius 3 is 1.89 bits per heavy atom. The van der Waals surface area contributed by atoms with Gasteiger partial charge in [0.15, 0.2) is 0 Å². The number of piperidine rings is 1. The summed E-state index contributed by atoms with van der Waals surface area (Å²) in [6, 6.07) is 13.3. The van der Waals surface area contributed by atoms with Crippen molar-refractivity contribution >= 4 is 5.91 Å². The van der Waals surface area contributed by atoms with E-state index in [0.29, 0.717) is 18.5 Å². The SMILES string of the molecule is CC(C)(C)c1ccc([C@H]2CNC(=O)[C@@H](c3ccc(C(F)(F)F)cc3)C2)cc1. The van der Waals surface area contributed by atoms with Crippen LogP contribution in [0, 0.1) is 0 Å². The number of benzene rings is 2. The Morgan fingerprint density at radius 2 is 1.37 bits per heavy atom. The molecule has 27 heavy (non-hydrogen) atoms. The number of halogens is 3. The number of nitrogens with one attached hydrogen (secondary N) is 1. The van der Waals surface area contributed by atoms with Crippen molar-refractivity contribution in [2.45, 2.75) is 50.6 Å². The molecule has 2 atom stereocenters. The third-order valence-electron chi connectivity index (χ3n) is 5.25. The van der Waals surface area contributed by atoms with E-state index in [1.807, 2.05) is 0 Å². The van der Waals surface area contributed by atoms with Gasteiger partial charge >= 0.3 is 6.18 Å². The minimum Gasteiger partial charge on any atom is -0.355 e. The highest BCUT2D eigenvalue weighted by molar-refractivity contribution is 5.84. The average Bonchev–Trinajstić information content (AvgIpc) is 2.61. The molecule has 2 aromatic carbocycles. The number of rotatable bonds is 2. The third-order valence-corrected chi connectivity index (χ3v) is 5.25. The van der Waals surface area contributed by atoms with Crippen molar-refractivity contribution in [2.75, 3.05) is 6.54 Å². The minimum absolute atomic E-state index is 0.0715. The first-order valence-corrected chi connectivity index (χ1v) is 9.11. The van der Waals surface area contributed by atoms with Gasteiger partial charge < -0.3 is 5.32 Å². The van der Waals surface area contributed by atoms with E-state index in [4.69, 9.17) is 0 Å². The molecule has 1 fully saturated rings. The lowest BCUT2D eigenvalue weighted by atomic mass is 9.80. The van der Waals surface area contributed by atoms with Crippen LogP contribution in [0.3, 0.4) is 0 Å². The molecule has 0 bridgehead atoms. The predicted octanol–water partition coefficient (Wildman–Crippen LogP) is 5.39. The third kappa shape index (κ3) is 4.34. The molecule has 1 aliphatic heterocycles. The number of amides is 1. The van der Waals surface area contributed by atoms with Crippen LogP contribution in [0.25, 0.3) is 0 Å². The van der Waals surface area contributed by atoms with Crippen LogP contribution in [-0.4, -0.2) is 12.5 Å². The molecule has 1 saturated heterocycles. The van der Waals surface area contributed by atoms with Gasteiger partial charge in [-0.05, 0) is 40.7 Å². The molecule has 0 aliphatic carbocycles. The van der Waals surface area contributed by atoms with Crippen LogP contribution >= 0.6 is 0 Å². The van der Waals surface area contributed by atoms with E-state index in [1.165, 1.54) is 17.7 Å². The normalized spacial score (nSPS) is 21.0. The summed E-state index contributed by atoms with van der Waals surface area (Å²) in [6.07, 6.45) is -3.78. The number of carbonyl (C=O) groups excluding carboxylic acids is 1. The number of carbonyl (C=O) groups is 1. The fourth-order valence-electron chi connectivity index (χ4n) is 3.52. The van der Waals surface area contributed by atoms with Gasteiger partial charge in [0.05, 0.1) is 11.5 Å². The van der Waals surface area contributed by atoms with Crippen LogP contribution < -0.4 is 5.32 Å². The van der Waals surface area contributed by atoms with Gasteiger partial charge in [0, 0.05) is 12.5 Å². The van der Waals surface area contributed by atoms with Crippen molar-refractivity contribution in [3.63, 3.8) is 0 Å². The molecule has 1 amide bonds. The minimum atomic E-state index is -4.37. The fraction of sp³-hybridized carbons (Fsp3) is 0.409. The van der Waals surface area contributed by atoms with Gasteiger partial charge in [-0.15, -0.1) is 0 Å². The molecular weight excluding hydrogens is 351 g/mol. The van der Waals surface area contributed by atoms with Crippen molar-refractivity contribution < 1.29 is 18.0 Å². The standard InChI is InChI=1S/C22H24F3NO/c1-21(2,3)17-8-4-14(5-9-17)16-12-19(20(27)26-13-16)15-6-10-18(11-7-15)22(23,24)25/h4-11,16,19H,12-13H2,1-3H3,(H,26,27)/t16-,19-/m1/s1. The first kappa shape index (κ1) is 19.5. The van der Waals surface area contributed by atoms with Crippen LogP contribution in [0.5, 0.6) is 0 Å². The Bertz CT molecular complexity index is 801. The topological polar surface area (TPSA) is 29.1 Å². The lowest BCUT2D eigenvalue weighted by molar-refractivity contribution is -0.137. The molecule has 0 spiro atoms. The summed E-state index contributed by atoms with van der Waals surface area (Å²) in [6.45, 7) is 7.02. The summed E-state index contributed by atoms with van der Waals surface area (Å²) in [5.74, 6) is -0.422. The van der Waals surface area contributed by atoms with Gasteiger partial charge in [-0.3, -0.25) is 4.79 Å². The summed E-state index contributed by atoms with van der Waals surface area (Å²) < 4.78 is 38.3. The Hall–Kier alpha value is -2.30. The molecule has 144 valence electrons. The summed E-state index contributed by atoms with van der Waals surface area (Å²) in [7, 11) is 0. The van der Waals surface area contributed by atoms with E-state index >= 15 is 0 Å². The van der Waals surface area contributed by atoms with E-state index in [9.17, 15) is 18.0 Å². The molecule has 2 nitrogen and oxygen atoms in total. The van der Waals surface area contributed by atoms with Crippen molar-refractivity contribution in [2.24, 2.45) is 0 Å². The van der Waals surface area contributed by atoms with E-state index in [1.54, 1.807) is 0 Å². The van der Waals surface area contributed by atoms with Gasteiger partial charge in [-0.2, -0.15) is 13.2 Å². The van der Waals surface area contributed by atoms with Crippen LogP contribution in [0.15, 0.2) is 48.5 Å². The predicted molar refractivity (Wildman–Crippen MR) is 99.7 cm³/mol. The summed E-state index contributed by atoms with van der Waals surface area (Å²) >= 11 is 0. The lowest BCUT2D eigenvalue weighted by Crippen LogP contribution is -2.39. The maximum atomic E-state index is 12.8. The fourth-order valence-corrected chi connectivity index (χ4v) is 3.52. The monoisotopic (exact) mass is 375 g/mol. The first-order valence-electron chi connectivity index (χ1n) is 9.11. The highest BCUT2D eigenvalue weighted by Crippen LogP contribution is 2.36. The molecular formula is C22H24F3NO. The summed E-state index contributed by atoms with van der Waals surface area (Å²) in [5.41, 5.74) is 2.38. The molecule has 1 N–H and O–H groups in total. The van der Waals surface area contributed by atoms with Gasteiger partial charge in [0.25, 0.3) is 0 Å². The molecule has 0 aromatic heterocycles. The average molecular weight is 375 g/mol. The van der Waals surface area contributed by atoms with Gasteiger partial charge in [0.1, 0.15) is 0 Å². The quantitative estimate of drug-likeness (QED) is 0.749. The maximum absolute atomic E-state index is 12.8. The van der Waals surface area contributed by atoms with Crippen molar-refractivity contribution in [3.8, 4) is 0 Å². The molecule has 0 radical (unpaired) electrons. The smallest absolute Gasteiger partial charge is 0.355 e. The maximum Gasteiger partial charge on any atom is 0.416 e. The Morgan fingerprint density at radius 1 is 0.852 bits per heavy atom. The van der Waals surface area contributed by atoms with Crippen LogP contribution in [0.4, 0.5) is 13.2 Å². The second-order valence-electron chi connectivity index (χ2n) is 8.22. The molecule has 0 saturated carbocycles. The van der Waals surface area contributed by atoms with Crippen molar-refractivity contribution in [1.82, 2.24) is 5.32 Å². The van der Waals surface area contributed by atoms with Crippen LogP contribution in [-0.2, 0) is 16.4 Å². The van der Waals surface area contributed by atoms with Crippen LogP contribution in [0.1, 0.15) is 61.3 Å². The molecule has 3 rings (SSSR count). The van der Waals surface area contributed by atoms with E-state index in [-0.39, 0.29) is 17.2 Å². The second kappa shape index (κ2) is 7.02. The lowest BCUT2D eigenvalue weighted by Gasteiger charge is -2.30. The second-order valence-corrected chi connectivity index (χ2v) is 8.22. The highest BCUT2D eigenvalue weighted by atomic mass is 19.4. The summed E-state index contributed by atoms with van der Waals surface area (Å²) in [5, 5.41) is 2.91. The van der Waals surface area contributed by atoms with E-state index in [0.717, 1.165) is 17.7 Å². The number of hydrogen-bond donors (Lipinski definition) is 1. The molecule has 0 unspecified atom stereocenters. The Balaban J connectivity index is 1.79. The number of alkyl halides is 3. The molecule has 1 aliphatic rings. The van der Waals surface area contributed by atoms with Crippen LogP contribution in [0.2, 0.25) is 0 Å². The van der Waals surface area contributed by atoms with Gasteiger partial charge in [-0.25, -0.2) is 0 Å². The largest absolute Gasteiger partial charge is 0.416 e. The Labute approximate surface area is 157 Å².